The van der Waals surface area contributed by atoms with Gasteiger partial charge in [-0.3, -0.25) is 0 Å². The summed E-state index contributed by atoms with van der Waals surface area (Å²) in [5.41, 5.74) is 0. The van der Waals surface area contributed by atoms with Crippen LogP contribution in [0.4, 0.5) is 0 Å². The van der Waals surface area contributed by atoms with Crippen molar-refractivity contribution >= 4 is 68.9 Å². The topological polar surface area (TPSA) is 34.1 Å². The van der Waals surface area contributed by atoms with Gasteiger partial charge in [0.05, 0.1) is 0 Å². The van der Waals surface area contributed by atoms with Crippen LogP contribution in [0.1, 0.15) is 0 Å². The fourth-order valence-electron chi connectivity index (χ4n) is 0. The summed E-state index contributed by atoms with van der Waals surface area (Å²) in [5, 5.41) is 0. The zero-order chi connectivity index (χ0) is 4.00. The van der Waals surface area contributed by atoms with Crippen LogP contribution in [0.25, 0.3) is 0 Å². The Bertz CT molecular complexity index is 11.6. The van der Waals surface area contributed by atoms with Gasteiger partial charge in [0.25, 0.3) is 0 Å². The van der Waals surface area contributed by atoms with Gasteiger partial charge in [-0.05, 0) is 0 Å². The van der Waals surface area contributed by atoms with Crippen LogP contribution in [-0.2, 0) is 42.7 Å². The molecule has 0 aromatic carbocycles. The Labute approximate surface area is 108 Å². The first-order valence-electron chi connectivity index (χ1n) is 0.303. The summed E-state index contributed by atoms with van der Waals surface area (Å²) >= 11 is 3.01. The van der Waals surface area contributed by atoms with Crippen LogP contribution in [0.2, 0.25) is 0 Å². The quantitative estimate of drug-likeness (QED) is 0.558. The standard InChI is InChI=1S/Co.Cs.Mo.2O. The average molecular weight is 320 g/mol. The van der Waals surface area contributed by atoms with Gasteiger partial charge in [-0.25, -0.2) is 0 Å². The summed E-state index contributed by atoms with van der Waals surface area (Å²) in [6.07, 6.45) is 0. The molecule has 0 aliphatic rings. The van der Waals surface area contributed by atoms with Crippen molar-refractivity contribution in [1.29, 1.82) is 0 Å². The Morgan fingerprint density at radius 1 is 1.20 bits per heavy atom. The third kappa shape index (κ3) is 19.8. The predicted octanol–water partition coefficient (Wildman–Crippen LogP) is -0.623. The second-order valence-electron chi connectivity index (χ2n) is 0. The van der Waals surface area contributed by atoms with Crippen molar-refractivity contribution in [2.45, 2.75) is 0 Å². The number of rotatable bonds is 0. The molecule has 5 heavy (non-hydrogen) atoms. The molecule has 0 fully saturated rings. The second kappa shape index (κ2) is 28.9. The molecular formula is CoCsMoO2. The molecule has 0 rings (SSSR count). The van der Waals surface area contributed by atoms with Gasteiger partial charge >= 0.3 is 42.7 Å². The van der Waals surface area contributed by atoms with Crippen LogP contribution in [-0.4, -0.2) is 68.9 Å². The Morgan fingerprint density at radius 3 is 1.20 bits per heavy atom. The van der Waals surface area contributed by atoms with Gasteiger partial charge in [0, 0.05) is 68.9 Å². The van der Waals surface area contributed by atoms with Crippen LogP contribution < -0.4 is 0 Å². The van der Waals surface area contributed by atoms with Crippen molar-refractivity contribution in [2.24, 2.45) is 0 Å². The predicted molar refractivity (Wildman–Crippen MR) is 7.13 cm³/mol. The maximum atomic E-state index is 8.26. The summed E-state index contributed by atoms with van der Waals surface area (Å²) < 4.78 is 16.2. The molecule has 0 heterocycles. The van der Waals surface area contributed by atoms with E-state index in [-0.39, 0.29) is 68.9 Å². The van der Waals surface area contributed by atoms with Gasteiger partial charge in [-0.2, -0.15) is 0 Å². The maximum absolute atomic E-state index is 8.26. The minimum atomic E-state index is 0. The molecule has 0 aromatic rings. The fraction of sp³-hybridized carbons (Fsp3) is 0. The Hall–Kier alpha value is 2.85. The summed E-state index contributed by atoms with van der Waals surface area (Å²) in [4.78, 5) is 0. The van der Waals surface area contributed by atoms with Gasteiger partial charge in [0.15, 0.2) is 0 Å². The van der Waals surface area contributed by atoms with Crippen LogP contribution in [0.5, 0.6) is 0 Å². The molecular weight excluding hydrogens is 320 g/mol. The third-order valence-corrected chi connectivity index (χ3v) is 0. The van der Waals surface area contributed by atoms with E-state index in [0.717, 1.165) is 0 Å². The van der Waals surface area contributed by atoms with E-state index in [2.05, 4.69) is 15.7 Å². The van der Waals surface area contributed by atoms with Crippen LogP contribution in [0.15, 0.2) is 0 Å². The SMILES string of the molecule is [Cs].[O]=[Co].[O]=[Mo]. The van der Waals surface area contributed by atoms with Gasteiger partial charge in [-0.1, -0.05) is 0 Å². The normalized spacial score (nSPS) is 1.80. The molecule has 0 spiro atoms. The Kier molecular flexibility index (Phi) is 90.4. The fourth-order valence-corrected chi connectivity index (χ4v) is 0. The van der Waals surface area contributed by atoms with Crippen molar-refractivity contribution in [1.82, 2.24) is 0 Å². The van der Waals surface area contributed by atoms with Gasteiger partial charge < -0.3 is 0 Å². The molecule has 0 N–H and O–H groups in total. The molecule has 0 atom stereocenters. The molecule has 0 unspecified atom stereocenters. The van der Waals surface area contributed by atoms with E-state index < -0.39 is 0 Å². The summed E-state index contributed by atoms with van der Waals surface area (Å²) in [7, 11) is 0. The van der Waals surface area contributed by atoms with E-state index in [0.29, 0.717) is 19.8 Å². The van der Waals surface area contributed by atoms with Crippen molar-refractivity contribution in [3.8, 4) is 0 Å². The monoisotopic (exact) mass is 322 g/mol. The van der Waals surface area contributed by atoms with Crippen molar-refractivity contribution in [2.75, 3.05) is 0 Å². The van der Waals surface area contributed by atoms with E-state index in [1.807, 2.05) is 0 Å². The summed E-state index contributed by atoms with van der Waals surface area (Å²) in [5.74, 6) is 0. The molecule has 28 valence electrons. The Morgan fingerprint density at radius 2 is 1.20 bits per heavy atom. The summed E-state index contributed by atoms with van der Waals surface area (Å²) in [6.45, 7) is 0. The molecule has 5 heteroatoms. The molecule has 0 amide bonds. The van der Waals surface area contributed by atoms with Crippen LogP contribution >= 0.6 is 0 Å². The zero-order valence-corrected chi connectivity index (χ0v) is 11.9. The first-order valence-corrected chi connectivity index (χ1v) is 1.55. The van der Waals surface area contributed by atoms with Crippen LogP contribution in [0, 0.1) is 0 Å². The molecule has 2 nitrogen and oxygen atoms in total. The number of hydrogen-bond donors (Lipinski definition) is 0. The zero-order valence-electron chi connectivity index (χ0n) is 2.56. The van der Waals surface area contributed by atoms with E-state index in [9.17, 15) is 0 Å². The number of hydrogen-bond acceptors (Lipinski definition) is 2. The van der Waals surface area contributed by atoms with E-state index in [1.165, 1.54) is 0 Å². The van der Waals surface area contributed by atoms with Gasteiger partial charge in [0.2, 0.25) is 0 Å². The van der Waals surface area contributed by atoms with Crippen molar-refractivity contribution in [3.05, 3.63) is 0 Å². The second-order valence-corrected chi connectivity index (χ2v) is 0. The van der Waals surface area contributed by atoms with Gasteiger partial charge in [0.1, 0.15) is 0 Å². The molecule has 0 aromatic heterocycles. The molecule has 1 radical (unpaired) electrons. The molecule has 0 saturated heterocycles. The summed E-state index contributed by atoms with van der Waals surface area (Å²) in [6, 6.07) is 0. The minimum absolute atomic E-state index is 0. The van der Waals surface area contributed by atoms with E-state index >= 15 is 0 Å². The third-order valence-electron chi connectivity index (χ3n) is 0. The molecule has 0 aliphatic carbocycles. The van der Waals surface area contributed by atoms with Crippen molar-refractivity contribution < 1.29 is 42.7 Å². The molecule has 0 bridgehead atoms. The van der Waals surface area contributed by atoms with E-state index in [1.54, 1.807) is 0 Å². The van der Waals surface area contributed by atoms with E-state index in [4.69, 9.17) is 7.26 Å². The average Bonchev–Trinajstić information content (AvgIpc) is 1.50. The van der Waals surface area contributed by atoms with Gasteiger partial charge in [-0.15, -0.1) is 0 Å². The first-order chi connectivity index (χ1) is 2.00. The van der Waals surface area contributed by atoms with Crippen LogP contribution in [0.3, 0.4) is 0 Å². The first kappa shape index (κ1) is 15.7. The Balaban J connectivity index is -0.0000000133. The molecule has 0 aliphatic heterocycles. The molecule has 0 saturated carbocycles. The van der Waals surface area contributed by atoms with Crippen molar-refractivity contribution in [3.63, 3.8) is 0 Å².